The van der Waals surface area contributed by atoms with Crippen LogP contribution in [0.25, 0.3) is 10.9 Å². The summed E-state index contributed by atoms with van der Waals surface area (Å²) < 4.78 is 6.84. The van der Waals surface area contributed by atoms with Crippen LogP contribution in [0.1, 0.15) is 10.5 Å². The average molecular weight is 262 g/mol. The van der Waals surface area contributed by atoms with Crippen molar-refractivity contribution in [3.8, 4) is 5.75 Å². The van der Waals surface area contributed by atoms with E-state index >= 15 is 0 Å². The molecule has 0 saturated carbocycles. The lowest BCUT2D eigenvalue weighted by Crippen LogP contribution is -2.30. The Labute approximate surface area is 109 Å². The zero-order chi connectivity index (χ0) is 14.0. The second-order valence-electron chi connectivity index (χ2n) is 4.09. The monoisotopic (exact) mass is 262 g/mol. The fraction of sp³-hybridized carbons (Fsp3) is 0.231. The van der Waals surface area contributed by atoms with Crippen LogP contribution in [0.5, 0.6) is 5.75 Å². The Morgan fingerprint density at radius 2 is 2.11 bits per heavy atom. The van der Waals surface area contributed by atoms with Crippen molar-refractivity contribution >= 4 is 22.8 Å². The Balaban J connectivity index is 2.36. The topological polar surface area (TPSA) is 80.6 Å². The number of nitrogens with zero attached hydrogens (tertiary/aromatic N) is 1. The first kappa shape index (κ1) is 12.9. The number of nitrogens with one attached hydrogen (secondary N) is 1. The Kier molecular flexibility index (Phi) is 3.41. The number of hydrogen-bond donors (Lipinski definition) is 2. The number of benzene rings is 1. The van der Waals surface area contributed by atoms with Gasteiger partial charge in [0.05, 0.1) is 7.11 Å². The van der Waals surface area contributed by atoms with E-state index < -0.39 is 18.4 Å². The highest BCUT2D eigenvalue weighted by Crippen LogP contribution is 2.23. The number of carbonyl (C=O) groups excluding carboxylic acids is 1. The molecule has 0 saturated heterocycles. The minimum Gasteiger partial charge on any atom is -0.497 e. The van der Waals surface area contributed by atoms with Gasteiger partial charge in [-0.15, -0.1) is 0 Å². The first-order valence-corrected chi connectivity index (χ1v) is 5.66. The molecular weight excluding hydrogens is 248 g/mol. The molecule has 19 heavy (non-hydrogen) atoms. The summed E-state index contributed by atoms with van der Waals surface area (Å²) in [5, 5.41) is 11.8. The van der Waals surface area contributed by atoms with Gasteiger partial charge in [0.2, 0.25) is 0 Å². The number of aryl methyl sites for hydroxylation is 1. The number of carboxylic acids is 1. The lowest BCUT2D eigenvalue weighted by atomic mass is 10.2. The van der Waals surface area contributed by atoms with E-state index in [0.717, 1.165) is 10.9 Å². The van der Waals surface area contributed by atoms with Gasteiger partial charge in [-0.1, -0.05) is 0 Å². The van der Waals surface area contributed by atoms with Crippen LogP contribution in [-0.2, 0) is 11.8 Å². The normalized spacial score (nSPS) is 10.4. The van der Waals surface area contributed by atoms with E-state index in [4.69, 9.17) is 9.84 Å². The molecule has 1 amide bonds. The number of carbonyl (C=O) groups is 2. The molecule has 2 rings (SSSR count). The number of carboxylic acid groups (broad SMARTS) is 1. The highest BCUT2D eigenvalue weighted by molar-refractivity contribution is 5.99. The molecule has 0 atom stereocenters. The maximum absolute atomic E-state index is 11.9. The molecular formula is C13H14N2O4. The van der Waals surface area contributed by atoms with Crippen molar-refractivity contribution < 1.29 is 19.4 Å². The van der Waals surface area contributed by atoms with Gasteiger partial charge in [-0.05, 0) is 24.3 Å². The van der Waals surface area contributed by atoms with Crippen molar-refractivity contribution in [1.29, 1.82) is 0 Å². The number of aromatic nitrogens is 1. The summed E-state index contributed by atoms with van der Waals surface area (Å²) >= 11 is 0. The zero-order valence-electron chi connectivity index (χ0n) is 10.6. The van der Waals surface area contributed by atoms with Crippen molar-refractivity contribution in [3.05, 3.63) is 30.0 Å². The van der Waals surface area contributed by atoms with Crippen LogP contribution < -0.4 is 10.1 Å². The van der Waals surface area contributed by atoms with E-state index in [9.17, 15) is 9.59 Å². The molecule has 100 valence electrons. The van der Waals surface area contributed by atoms with E-state index in [1.54, 1.807) is 30.9 Å². The number of rotatable bonds is 4. The second kappa shape index (κ2) is 5.01. The van der Waals surface area contributed by atoms with Crippen LogP contribution >= 0.6 is 0 Å². The van der Waals surface area contributed by atoms with E-state index in [-0.39, 0.29) is 0 Å². The number of hydrogen-bond acceptors (Lipinski definition) is 3. The predicted molar refractivity (Wildman–Crippen MR) is 69.4 cm³/mol. The molecule has 0 aliphatic heterocycles. The fourth-order valence-electron chi connectivity index (χ4n) is 1.92. The molecule has 1 aromatic heterocycles. The van der Waals surface area contributed by atoms with Gasteiger partial charge >= 0.3 is 5.97 Å². The van der Waals surface area contributed by atoms with Crippen molar-refractivity contribution in [1.82, 2.24) is 9.88 Å². The third-order valence-corrected chi connectivity index (χ3v) is 2.88. The predicted octanol–water partition coefficient (Wildman–Crippen LogP) is 1.00. The lowest BCUT2D eigenvalue weighted by Gasteiger charge is -2.04. The van der Waals surface area contributed by atoms with Gasteiger partial charge in [0, 0.05) is 18.0 Å². The molecule has 2 N–H and O–H groups in total. The molecule has 0 spiro atoms. The number of amides is 1. The first-order valence-electron chi connectivity index (χ1n) is 5.66. The van der Waals surface area contributed by atoms with Gasteiger partial charge in [0.1, 0.15) is 18.0 Å². The summed E-state index contributed by atoms with van der Waals surface area (Å²) in [5.41, 5.74) is 1.28. The third kappa shape index (κ3) is 2.52. The quantitative estimate of drug-likeness (QED) is 0.861. The standard InChI is InChI=1S/C13H14N2O4/c1-15-10-4-3-9(19-2)5-8(10)6-11(15)13(18)14-7-12(16)17/h3-6H,7H2,1-2H3,(H,14,18)(H,16,17). The molecule has 0 bridgehead atoms. The minimum atomic E-state index is -1.08. The molecule has 0 aliphatic rings. The number of ether oxygens (including phenoxy) is 1. The summed E-state index contributed by atoms with van der Waals surface area (Å²) in [5.74, 6) is -0.788. The highest BCUT2D eigenvalue weighted by Gasteiger charge is 2.14. The number of fused-ring (bicyclic) bond motifs is 1. The van der Waals surface area contributed by atoms with Gasteiger partial charge in [-0.3, -0.25) is 9.59 Å². The Bertz CT molecular complexity index is 645. The molecule has 0 fully saturated rings. The first-order chi connectivity index (χ1) is 9.02. The summed E-state index contributed by atoms with van der Waals surface area (Å²) in [6, 6.07) is 7.18. The van der Waals surface area contributed by atoms with E-state index in [1.165, 1.54) is 0 Å². The van der Waals surface area contributed by atoms with Crippen LogP contribution in [0.2, 0.25) is 0 Å². The summed E-state index contributed by atoms with van der Waals surface area (Å²) in [7, 11) is 3.33. The zero-order valence-corrected chi connectivity index (χ0v) is 10.6. The van der Waals surface area contributed by atoms with Gasteiger partial charge < -0.3 is 19.7 Å². The minimum absolute atomic E-state index is 0.399. The van der Waals surface area contributed by atoms with Crippen LogP contribution in [0.4, 0.5) is 0 Å². The Morgan fingerprint density at radius 1 is 1.37 bits per heavy atom. The van der Waals surface area contributed by atoms with Crippen molar-refractivity contribution in [2.24, 2.45) is 7.05 Å². The highest BCUT2D eigenvalue weighted by atomic mass is 16.5. The van der Waals surface area contributed by atoms with Crippen LogP contribution in [0.15, 0.2) is 24.3 Å². The molecule has 0 aliphatic carbocycles. The van der Waals surface area contributed by atoms with E-state index in [2.05, 4.69) is 5.32 Å². The van der Waals surface area contributed by atoms with Gasteiger partial charge in [0.25, 0.3) is 5.91 Å². The Hall–Kier alpha value is -2.50. The van der Waals surface area contributed by atoms with Crippen molar-refractivity contribution in [2.45, 2.75) is 0 Å². The van der Waals surface area contributed by atoms with Crippen LogP contribution in [0.3, 0.4) is 0 Å². The van der Waals surface area contributed by atoms with Gasteiger partial charge in [0.15, 0.2) is 0 Å². The van der Waals surface area contributed by atoms with Crippen molar-refractivity contribution in [3.63, 3.8) is 0 Å². The van der Waals surface area contributed by atoms with Gasteiger partial charge in [-0.25, -0.2) is 0 Å². The SMILES string of the molecule is COc1ccc2c(c1)cc(C(=O)NCC(=O)O)n2C. The van der Waals surface area contributed by atoms with Crippen LogP contribution in [0, 0.1) is 0 Å². The molecule has 2 aromatic rings. The summed E-state index contributed by atoms with van der Waals surface area (Å²) in [6.45, 7) is -0.399. The summed E-state index contributed by atoms with van der Waals surface area (Å²) in [4.78, 5) is 22.3. The smallest absolute Gasteiger partial charge is 0.322 e. The van der Waals surface area contributed by atoms with E-state index in [1.807, 2.05) is 12.1 Å². The number of methoxy groups -OCH3 is 1. The summed E-state index contributed by atoms with van der Waals surface area (Å²) in [6.07, 6.45) is 0. The Morgan fingerprint density at radius 3 is 2.74 bits per heavy atom. The second-order valence-corrected chi connectivity index (χ2v) is 4.09. The maximum atomic E-state index is 11.9. The molecule has 1 aromatic carbocycles. The van der Waals surface area contributed by atoms with E-state index in [0.29, 0.717) is 11.4 Å². The number of aliphatic carboxylic acids is 1. The molecule has 1 heterocycles. The fourth-order valence-corrected chi connectivity index (χ4v) is 1.92. The third-order valence-electron chi connectivity index (χ3n) is 2.88. The maximum Gasteiger partial charge on any atom is 0.322 e. The molecule has 6 heteroatoms. The van der Waals surface area contributed by atoms with Crippen LogP contribution in [-0.4, -0.2) is 35.2 Å². The molecule has 6 nitrogen and oxygen atoms in total. The largest absolute Gasteiger partial charge is 0.497 e. The average Bonchev–Trinajstić information content (AvgIpc) is 2.72. The molecule has 0 radical (unpaired) electrons. The molecule has 0 unspecified atom stereocenters. The van der Waals surface area contributed by atoms with Crippen molar-refractivity contribution in [2.75, 3.05) is 13.7 Å². The lowest BCUT2D eigenvalue weighted by molar-refractivity contribution is -0.135. The van der Waals surface area contributed by atoms with Gasteiger partial charge in [-0.2, -0.15) is 0 Å².